The molecule has 2 aliphatic rings. The normalized spacial score (nSPS) is 19.5. The van der Waals surface area contributed by atoms with Gasteiger partial charge in [0.25, 0.3) is 0 Å². The van der Waals surface area contributed by atoms with Crippen LogP contribution in [0, 0.1) is 0 Å². The van der Waals surface area contributed by atoms with Gasteiger partial charge in [0.15, 0.2) is 0 Å². The van der Waals surface area contributed by atoms with Gasteiger partial charge in [-0.25, -0.2) is 4.79 Å². The van der Waals surface area contributed by atoms with E-state index in [4.69, 9.17) is 9.47 Å². The quantitative estimate of drug-likeness (QED) is 0.400. The molecule has 0 N–H and O–H groups in total. The molecule has 2 heterocycles. The van der Waals surface area contributed by atoms with Crippen molar-refractivity contribution < 1.29 is 23.9 Å². The minimum atomic E-state index is -0.326. The second kappa shape index (κ2) is 8.95. The zero-order chi connectivity index (χ0) is 17.5. The highest BCUT2D eigenvalue weighted by molar-refractivity contribution is 6.01. The summed E-state index contributed by atoms with van der Waals surface area (Å²) in [6, 6.07) is -0.286. The number of urea groups is 1. The molecule has 0 unspecified atom stereocenters. The number of nitrogens with zero attached hydrogens (tertiary/aromatic N) is 4. The average molecular weight is 342 g/mol. The topological polar surface area (TPSA) is 82.6 Å². The monoisotopic (exact) mass is 342 g/mol. The van der Waals surface area contributed by atoms with Crippen molar-refractivity contribution in [1.82, 2.24) is 19.6 Å². The summed E-state index contributed by atoms with van der Waals surface area (Å²) in [6.45, 7) is 5.66. The van der Waals surface area contributed by atoms with Crippen molar-refractivity contribution in [3.63, 3.8) is 0 Å². The minimum Gasteiger partial charge on any atom is -0.468 e. The highest BCUT2D eigenvalue weighted by Gasteiger charge is 2.33. The standard InChI is InChI=1S/C15H26N4O5/c1-16-11-13(20)19(15(16)22)6-5-18(12-14(21)23-2)4-3-17-7-9-24-10-8-17/h3-12H2,1-2H3. The lowest BCUT2D eigenvalue weighted by Crippen LogP contribution is -2.45. The van der Waals surface area contributed by atoms with Gasteiger partial charge in [0.2, 0.25) is 5.91 Å². The number of carbonyl (C=O) groups excluding carboxylic acids is 3. The van der Waals surface area contributed by atoms with Crippen LogP contribution in [0.1, 0.15) is 0 Å². The molecular weight excluding hydrogens is 316 g/mol. The zero-order valence-electron chi connectivity index (χ0n) is 14.4. The Bertz CT molecular complexity index is 467. The van der Waals surface area contributed by atoms with Crippen LogP contribution in [0.25, 0.3) is 0 Å². The first kappa shape index (κ1) is 18.6. The summed E-state index contributed by atoms with van der Waals surface area (Å²) in [6.07, 6.45) is 0. The molecule has 2 aliphatic heterocycles. The third-order valence-electron chi connectivity index (χ3n) is 4.29. The fraction of sp³-hybridized carbons (Fsp3) is 0.800. The van der Waals surface area contributed by atoms with Crippen LogP contribution >= 0.6 is 0 Å². The van der Waals surface area contributed by atoms with Crippen LogP contribution in [-0.2, 0) is 19.1 Å². The third-order valence-corrected chi connectivity index (χ3v) is 4.29. The van der Waals surface area contributed by atoms with Gasteiger partial charge in [-0.2, -0.15) is 0 Å². The molecule has 2 rings (SSSR count). The smallest absolute Gasteiger partial charge is 0.327 e. The fourth-order valence-electron chi connectivity index (χ4n) is 2.76. The van der Waals surface area contributed by atoms with Crippen LogP contribution in [0.5, 0.6) is 0 Å². The van der Waals surface area contributed by atoms with E-state index in [0.717, 1.165) is 32.8 Å². The third kappa shape index (κ3) is 5.15. The number of hydrogen-bond acceptors (Lipinski definition) is 7. The summed E-state index contributed by atoms with van der Waals surface area (Å²) in [5.41, 5.74) is 0. The molecule has 3 amide bonds. The number of rotatable bonds is 8. The Labute approximate surface area is 142 Å². The van der Waals surface area contributed by atoms with Crippen LogP contribution in [0.3, 0.4) is 0 Å². The van der Waals surface area contributed by atoms with Crippen LogP contribution < -0.4 is 0 Å². The lowest BCUT2D eigenvalue weighted by molar-refractivity contribution is -0.142. The second-order valence-electron chi connectivity index (χ2n) is 5.99. The molecule has 0 aromatic carbocycles. The second-order valence-corrected chi connectivity index (χ2v) is 5.99. The molecule has 9 nitrogen and oxygen atoms in total. The highest BCUT2D eigenvalue weighted by Crippen LogP contribution is 2.08. The van der Waals surface area contributed by atoms with Gasteiger partial charge in [0.05, 0.1) is 26.9 Å². The largest absolute Gasteiger partial charge is 0.468 e. The number of morpholine rings is 1. The molecule has 0 radical (unpaired) electrons. The van der Waals surface area contributed by atoms with Crippen LogP contribution in [0.4, 0.5) is 4.79 Å². The summed E-state index contributed by atoms with van der Waals surface area (Å²) in [4.78, 5) is 42.1. The van der Waals surface area contributed by atoms with Crippen molar-refractivity contribution in [2.75, 3.05) is 79.7 Å². The Kier molecular flexibility index (Phi) is 6.95. The van der Waals surface area contributed by atoms with Crippen molar-refractivity contribution in [2.45, 2.75) is 0 Å². The molecule has 24 heavy (non-hydrogen) atoms. The van der Waals surface area contributed by atoms with Gasteiger partial charge in [-0.1, -0.05) is 0 Å². The lowest BCUT2D eigenvalue weighted by Gasteiger charge is -2.30. The van der Waals surface area contributed by atoms with E-state index in [1.54, 1.807) is 7.05 Å². The molecule has 0 aromatic heterocycles. The van der Waals surface area contributed by atoms with Gasteiger partial charge in [-0.15, -0.1) is 0 Å². The van der Waals surface area contributed by atoms with E-state index in [9.17, 15) is 14.4 Å². The van der Waals surface area contributed by atoms with Gasteiger partial charge in [0, 0.05) is 46.3 Å². The number of hydrogen-bond donors (Lipinski definition) is 0. The molecule has 0 aromatic rings. The average Bonchev–Trinajstić information content (AvgIpc) is 2.83. The molecular formula is C15H26N4O5. The summed E-state index contributed by atoms with van der Waals surface area (Å²) < 4.78 is 10.1. The van der Waals surface area contributed by atoms with Crippen LogP contribution in [-0.4, -0.2) is 117 Å². The van der Waals surface area contributed by atoms with E-state index in [-0.39, 0.29) is 37.5 Å². The van der Waals surface area contributed by atoms with Crippen molar-refractivity contribution in [2.24, 2.45) is 0 Å². The zero-order valence-corrected chi connectivity index (χ0v) is 14.4. The van der Waals surface area contributed by atoms with Gasteiger partial charge < -0.3 is 14.4 Å². The number of likely N-dealkylation sites (N-methyl/N-ethyl adjacent to an activating group) is 1. The first-order valence-corrected chi connectivity index (χ1v) is 8.16. The molecule has 0 spiro atoms. The molecule has 0 atom stereocenters. The van der Waals surface area contributed by atoms with Crippen molar-refractivity contribution in [3.05, 3.63) is 0 Å². The van der Waals surface area contributed by atoms with Gasteiger partial charge in [-0.05, 0) is 0 Å². The first-order valence-electron chi connectivity index (χ1n) is 8.16. The maximum atomic E-state index is 11.9. The lowest BCUT2D eigenvalue weighted by atomic mass is 10.3. The van der Waals surface area contributed by atoms with Crippen LogP contribution in [0.2, 0.25) is 0 Å². The van der Waals surface area contributed by atoms with Crippen LogP contribution in [0.15, 0.2) is 0 Å². The van der Waals surface area contributed by atoms with E-state index < -0.39 is 0 Å². The molecule has 0 bridgehead atoms. The van der Waals surface area contributed by atoms with E-state index in [1.165, 1.54) is 16.9 Å². The summed E-state index contributed by atoms with van der Waals surface area (Å²) in [7, 11) is 2.95. The van der Waals surface area contributed by atoms with E-state index >= 15 is 0 Å². The fourth-order valence-corrected chi connectivity index (χ4v) is 2.76. The molecule has 9 heteroatoms. The number of methoxy groups -OCH3 is 1. The Hall–Kier alpha value is -1.71. The Morgan fingerprint density at radius 2 is 1.88 bits per heavy atom. The SMILES string of the molecule is COC(=O)CN(CCN1CCOCC1)CCN1C(=O)CN(C)C1=O. The molecule has 136 valence electrons. The maximum Gasteiger partial charge on any atom is 0.327 e. The van der Waals surface area contributed by atoms with Gasteiger partial charge in [-0.3, -0.25) is 24.3 Å². The number of amides is 3. The number of ether oxygens (including phenoxy) is 2. The van der Waals surface area contributed by atoms with Crippen molar-refractivity contribution in [1.29, 1.82) is 0 Å². The van der Waals surface area contributed by atoms with E-state index in [0.29, 0.717) is 13.1 Å². The van der Waals surface area contributed by atoms with Gasteiger partial charge in [0.1, 0.15) is 6.54 Å². The van der Waals surface area contributed by atoms with Gasteiger partial charge >= 0.3 is 12.0 Å². The summed E-state index contributed by atoms with van der Waals surface area (Å²) in [5, 5.41) is 0. The predicted molar refractivity (Wildman–Crippen MR) is 85.5 cm³/mol. The Balaban J connectivity index is 1.84. The molecule has 0 saturated carbocycles. The predicted octanol–water partition coefficient (Wildman–Crippen LogP) is -1.31. The number of imide groups is 1. The Morgan fingerprint density at radius 3 is 2.46 bits per heavy atom. The van der Waals surface area contributed by atoms with E-state index in [1.807, 2.05) is 4.90 Å². The number of carbonyl (C=O) groups is 3. The highest BCUT2D eigenvalue weighted by atomic mass is 16.5. The van der Waals surface area contributed by atoms with E-state index in [2.05, 4.69) is 4.90 Å². The molecule has 0 aliphatic carbocycles. The summed E-state index contributed by atoms with van der Waals surface area (Å²) >= 11 is 0. The summed E-state index contributed by atoms with van der Waals surface area (Å²) in [5.74, 6) is -0.526. The molecule has 2 fully saturated rings. The molecule has 2 saturated heterocycles. The Morgan fingerprint density at radius 1 is 1.21 bits per heavy atom. The van der Waals surface area contributed by atoms with Crippen molar-refractivity contribution in [3.8, 4) is 0 Å². The first-order chi connectivity index (χ1) is 11.5. The minimum absolute atomic E-state index is 0.115. The maximum absolute atomic E-state index is 11.9. The number of esters is 1. The van der Waals surface area contributed by atoms with Crippen molar-refractivity contribution >= 4 is 17.9 Å².